The maximum absolute atomic E-state index is 10.9. The number of hydrogen-bond acceptors (Lipinski definition) is 5. The Morgan fingerprint density at radius 3 is 2.88 bits per heavy atom. The van der Waals surface area contributed by atoms with E-state index >= 15 is 0 Å². The lowest BCUT2D eigenvalue weighted by Gasteiger charge is -2.18. The monoisotopic (exact) mass is 234 g/mol. The molecule has 3 rings (SSSR count). The normalized spacial score (nSPS) is 19.1. The van der Waals surface area contributed by atoms with Gasteiger partial charge in [-0.05, 0) is 24.5 Å². The molecule has 1 aliphatic carbocycles. The van der Waals surface area contributed by atoms with Gasteiger partial charge in [-0.2, -0.15) is 10.3 Å². The summed E-state index contributed by atoms with van der Waals surface area (Å²) in [5, 5.41) is 28.8. The third kappa shape index (κ3) is 1.39. The molecule has 1 saturated carbocycles. The van der Waals surface area contributed by atoms with Crippen LogP contribution in [0.15, 0.2) is 12.3 Å². The Morgan fingerprint density at radius 1 is 1.47 bits per heavy atom. The van der Waals surface area contributed by atoms with Crippen LogP contribution in [0.1, 0.15) is 18.4 Å². The van der Waals surface area contributed by atoms with Crippen LogP contribution in [0.4, 0.5) is 0 Å². The summed E-state index contributed by atoms with van der Waals surface area (Å²) >= 11 is 0. The van der Waals surface area contributed by atoms with Gasteiger partial charge in [0, 0.05) is 11.6 Å². The van der Waals surface area contributed by atoms with Gasteiger partial charge in [0.2, 0.25) is 5.65 Å². The predicted molar refractivity (Wildman–Crippen MR) is 56.2 cm³/mol. The molecule has 2 aromatic heterocycles. The summed E-state index contributed by atoms with van der Waals surface area (Å²) < 4.78 is 0. The summed E-state index contributed by atoms with van der Waals surface area (Å²) in [5.74, 6) is -1.21. The van der Waals surface area contributed by atoms with Crippen LogP contribution in [-0.4, -0.2) is 42.7 Å². The van der Waals surface area contributed by atoms with Crippen LogP contribution < -0.4 is 0 Å². The highest BCUT2D eigenvalue weighted by Gasteiger charge is 2.53. The van der Waals surface area contributed by atoms with Gasteiger partial charge < -0.3 is 10.2 Å². The van der Waals surface area contributed by atoms with Gasteiger partial charge in [0.1, 0.15) is 5.52 Å². The number of hydrogen-bond donors (Lipinski definition) is 3. The van der Waals surface area contributed by atoms with Gasteiger partial charge in [-0.1, -0.05) is 0 Å². The zero-order chi connectivity index (χ0) is 12.0. The van der Waals surface area contributed by atoms with Crippen molar-refractivity contribution in [3.05, 3.63) is 17.8 Å². The van der Waals surface area contributed by atoms with Crippen LogP contribution in [0.5, 0.6) is 0 Å². The van der Waals surface area contributed by atoms with E-state index in [1.165, 1.54) is 0 Å². The van der Waals surface area contributed by atoms with E-state index in [0.717, 1.165) is 0 Å². The van der Waals surface area contributed by atoms with Crippen molar-refractivity contribution >= 4 is 17.1 Å². The highest BCUT2D eigenvalue weighted by molar-refractivity contribution is 5.77. The van der Waals surface area contributed by atoms with Gasteiger partial charge in [-0.25, -0.2) is 9.78 Å². The first-order chi connectivity index (χ1) is 8.13. The summed E-state index contributed by atoms with van der Waals surface area (Å²) in [6.07, 6.45) is 1.45. The maximum atomic E-state index is 10.9. The second-order valence-corrected chi connectivity index (χ2v) is 4.29. The molecule has 7 nitrogen and oxygen atoms in total. The number of H-pyrrole nitrogens is 1. The Bertz CT molecular complexity index is 590. The minimum Gasteiger partial charge on any atom is -0.479 e. The molecular weight excluding hydrogens is 224 g/mol. The molecule has 1 aliphatic rings. The lowest BCUT2D eigenvalue weighted by molar-refractivity contribution is -0.148. The summed E-state index contributed by atoms with van der Waals surface area (Å²) in [4.78, 5) is 14.9. The minimum absolute atomic E-state index is 0.481. The molecule has 7 heteroatoms. The third-order valence-electron chi connectivity index (χ3n) is 3.29. The number of carbonyl (C=O) groups is 1. The zero-order valence-electron chi connectivity index (χ0n) is 8.79. The molecule has 1 fully saturated rings. The molecule has 0 aromatic carbocycles. The van der Waals surface area contributed by atoms with E-state index in [2.05, 4.69) is 20.4 Å². The van der Waals surface area contributed by atoms with Crippen molar-refractivity contribution in [3.8, 4) is 0 Å². The number of carboxylic acids is 1. The molecule has 1 atom stereocenters. The Morgan fingerprint density at radius 2 is 2.24 bits per heavy atom. The number of aliphatic hydroxyl groups is 1. The fourth-order valence-corrected chi connectivity index (χ4v) is 2.10. The van der Waals surface area contributed by atoms with Crippen LogP contribution in [0, 0.1) is 0 Å². The predicted octanol–water partition coefficient (Wildman–Crippen LogP) is -0.170. The number of nitrogens with zero attached hydrogens (tertiary/aromatic N) is 3. The lowest BCUT2D eigenvalue weighted by Crippen LogP contribution is -2.33. The molecular formula is C10H10N4O3. The maximum Gasteiger partial charge on any atom is 0.333 e. The molecule has 0 saturated heterocycles. The van der Waals surface area contributed by atoms with Crippen molar-refractivity contribution in [1.29, 1.82) is 0 Å². The SMILES string of the molecule is O=C(O)C(O)C1(c2cnc3n[nH]nc3c2)CC1. The number of aliphatic hydroxyl groups excluding tert-OH is 1. The summed E-state index contributed by atoms with van der Waals surface area (Å²) in [6, 6.07) is 1.73. The average molecular weight is 234 g/mol. The highest BCUT2D eigenvalue weighted by atomic mass is 16.4. The number of aromatic amines is 1. The zero-order valence-corrected chi connectivity index (χ0v) is 8.79. The molecule has 0 aliphatic heterocycles. The number of rotatable bonds is 3. The molecule has 0 bridgehead atoms. The van der Waals surface area contributed by atoms with Crippen molar-refractivity contribution in [2.24, 2.45) is 0 Å². The van der Waals surface area contributed by atoms with E-state index in [-0.39, 0.29) is 0 Å². The highest BCUT2D eigenvalue weighted by Crippen LogP contribution is 2.51. The van der Waals surface area contributed by atoms with E-state index in [9.17, 15) is 9.90 Å². The van der Waals surface area contributed by atoms with Crippen molar-refractivity contribution in [1.82, 2.24) is 20.4 Å². The number of aromatic nitrogens is 4. The van der Waals surface area contributed by atoms with Crippen LogP contribution in [0.25, 0.3) is 11.2 Å². The van der Waals surface area contributed by atoms with Crippen molar-refractivity contribution in [2.45, 2.75) is 24.4 Å². The summed E-state index contributed by atoms with van der Waals surface area (Å²) in [6.45, 7) is 0. The standard InChI is InChI=1S/C10H10N4O3/c15-7(9(16)17)10(1-2-10)5-3-6-8(11-4-5)13-14-12-6/h3-4,7,15H,1-2H2,(H,16,17)(H,11,12,13,14). The molecule has 0 radical (unpaired) electrons. The number of aliphatic carboxylic acids is 1. The first kappa shape index (κ1) is 10.2. The molecule has 1 unspecified atom stereocenters. The molecule has 17 heavy (non-hydrogen) atoms. The second-order valence-electron chi connectivity index (χ2n) is 4.29. The van der Waals surface area contributed by atoms with Gasteiger partial charge in [0.25, 0.3) is 0 Å². The van der Waals surface area contributed by atoms with Crippen LogP contribution in [-0.2, 0) is 10.2 Å². The van der Waals surface area contributed by atoms with Crippen LogP contribution in [0.2, 0.25) is 0 Å². The molecule has 0 spiro atoms. The van der Waals surface area contributed by atoms with Gasteiger partial charge in [0.15, 0.2) is 6.10 Å². The number of fused-ring (bicyclic) bond motifs is 1. The lowest BCUT2D eigenvalue weighted by atomic mass is 9.91. The first-order valence-corrected chi connectivity index (χ1v) is 5.21. The van der Waals surface area contributed by atoms with E-state index in [0.29, 0.717) is 29.6 Å². The number of carboxylic acid groups (broad SMARTS) is 1. The van der Waals surface area contributed by atoms with E-state index in [4.69, 9.17) is 5.11 Å². The van der Waals surface area contributed by atoms with Gasteiger partial charge in [0.05, 0.1) is 0 Å². The largest absolute Gasteiger partial charge is 0.479 e. The van der Waals surface area contributed by atoms with Crippen molar-refractivity contribution in [3.63, 3.8) is 0 Å². The average Bonchev–Trinajstić information content (AvgIpc) is 2.99. The Hall–Kier alpha value is -2.02. The fourth-order valence-electron chi connectivity index (χ4n) is 2.10. The van der Waals surface area contributed by atoms with E-state index in [1.807, 2.05) is 0 Å². The summed E-state index contributed by atoms with van der Waals surface area (Å²) in [5.41, 5.74) is 1.06. The second kappa shape index (κ2) is 3.24. The quantitative estimate of drug-likeness (QED) is 0.679. The number of pyridine rings is 1. The summed E-state index contributed by atoms with van der Waals surface area (Å²) in [7, 11) is 0. The van der Waals surface area contributed by atoms with Gasteiger partial charge >= 0.3 is 5.97 Å². The van der Waals surface area contributed by atoms with Crippen molar-refractivity contribution in [2.75, 3.05) is 0 Å². The Balaban J connectivity index is 2.06. The van der Waals surface area contributed by atoms with Crippen LogP contribution >= 0.6 is 0 Å². The molecule has 3 N–H and O–H groups in total. The first-order valence-electron chi connectivity index (χ1n) is 5.21. The minimum atomic E-state index is -1.39. The molecule has 0 amide bonds. The van der Waals surface area contributed by atoms with Gasteiger partial charge in [-0.15, -0.1) is 5.10 Å². The Kier molecular flexibility index (Phi) is 1.93. The molecule has 88 valence electrons. The topological polar surface area (TPSA) is 112 Å². The Labute approximate surface area is 95.5 Å². The van der Waals surface area contributed by atoms with Crippen molar-refractivity contribution < 1.29 is 15.0 Å². The molecule has 2 heterocycles. The molecule has 2 aromatic rings. The number of nitrogens with one attached hydrogen (secondary N) is 1. The fraction of sp³-hybridized carbons (Fsp3) is 0.400. The van der Waals surface area contributed by atoms with Crippen LogP contribution in [0.3, 0.4) is 0 Å². The van der Waals surface area contributed by atoms with E-state index < -0.39 is 17.5 Å². The van der Waals surface area contributed by atoms with E-state index in [1.54, 1.807) is 12.3 Å². The smallest absolute Gasteiger partial charge is 0.333 e. The van der Waals surface area contributed by atoms with Gasteiger partial charge in [-0.3, -0.25) is 0 Å². The third-order valence-corrected chi connectivity index (χ3v) is 3.29.